The van der Waals surface area contributed by atoms with Gasteiger partial charge in [-0.2, -0.15) is 0 Å². The number of amides is 1. The van der Waals surface area contributed by atoms with E-state index in [0.29, 0.717) is 18.8 Å². The molecule has 1 saturated heterocycles. The number of benzene rings is 3. The van der Waals surface area contributed by atoms with Crippen molar-refractivity contribution < 1.29 is 19.0 Å². The molecule has 36 heavy (non-hydrogen) atoms. The van der Waals surface area contributed by atoms with E-state index in [4.69, 9.17) is 14.2 Å². The Kier molecular flexibility index (Phi) is 8.14. The molecule has 5 nitrogen and oxygen atoms in total. The molecule has 2 unspecified atom stereocenters. The van der Waals surface area contributed by atoms with Crippen molar-refractivity contribution >= 4 is 17.7 Å². The van der Waals surface area contributed by atoms with E-state index in [9.17, 15) is 4.79 Å². The zero-order valence-corrected chi connectivity index (χ0v) is 21.5. The summed E-state index contributed by atoms with van der Waals surface area (Å²) in [6.45, 7) is 0.484. The van der Waals surface area contributed by atoms with Gasteiger partial charge in [-0.05, 0) is 61.1 Å². The predicted molar refractivity (Wildman–Crippen MR) is 143 cm³/mol. The van der Waals surface area contributed by atoms with Crippen LogP contribution in [0, 0.1) is 0 Å². The maximum absolute atomic E-state index is 13.6. The maximum Gasteiger partial charge on any atom is 0.235 e. The van der Waals surface area contributed by atoms with E-state index in [2.05, 4.69) is 18.2 Å². The predicted octanol–water partition coefficient (Wildman–Crippen LogP) is 6.28. The van der Waals surface area contributed by atoms with Gasteiger partial charge >= 0.3 is 0 Å². The fourth-order valence-electron chi connectivity index (χ4n) is 5.05. The maximum atomic E-state index is 13.6. The summed E-state index contributed by atoms with van der Waals surface area (Å²) in [5, 5.41) is 0. The molecular formula is C30H33NO4S. The van der Waals surface area contributed by atoms with Crippen LogP contribution in [0.5, 0.6) is 11.5 Å². The number of carbonyl (C=O) groups is 1. The lowest BCUT2D eigenvalue weighted by Gasteiger charge is -2.29. The Bertz CT molecular complexity index is 1130. The summed E-state index contributed by atoms with van der Waals surface area (Å²) in [6.07, 6.45) is 5.08. The summed E-state index contributed by atoms with van der Waals surface area (Å²) in [4.78, 5) is 16.6. The van der Waals surface area contributed by atoms with Crippen molar-refractivity contribution in [3.63, 3.8) is 0 Å². The summed E-state index contributed by atoms with van der Waals surface area (Å²) in [7, 11) is 1.67. The third-order valence-electron chi connectivity index (χ3n) is 6.90. The van der Waals surface area contributed by atoms with Crippen LogP contribution in [0.25, 0.3) is 0 Å². The van der Waals surface area contributed by atoms with Crippen LogP contribution in [0.4, 0.5) is 0 Å². The molecule has 0 radical (unpaired) electrons. The van der Waals surface area contributed by atoms with Crippen LogP contribution < -0.4 is 9.47 Å². The van der Waals surface area contributed by atoms with Gasteiger partial charge in [0.1, 0.15) is 6.23 Å². The number of ether oxygens (including phenoxy) is 3. The molecule has 2 aliphatic rings. The molecule has 1 amide bonds. The van der Waals surface area contributed by atoms with Crippen LogP contribution in [-0.4, -0.2) is 42.6 Å². The summed E-state index contributed by atoms with van der Waals surface area (Å²) < 4.78 is 18.1. The molecule has 1 heterocycles. The van der Waals surface area contributed by atoms with Crippen LogP contribution in [0.15, 0.2) is 83.8 Å². The molecule has 6 heteroatoms. The zero-order valence-electron chi connectivity index (χ0n) is 20.7. The van der Waals surface area contributed by atoms with E-state index < -0.39 is 0 Å². The Hall–Kier alpha value is -2.96. The lowest BCUT2D eigenvalue weighted by molar-refractivity contribution is -0.134. The first-order valence-electron chi connectivity index (χ1n) is 12.7. The lowest BCUT2D eigenvalue weighted by Crippen LogP contribution is -2.40. The van der Waals surface area contributed by atoms with Crippen molar-refractivity contribution in [2.24, 2.45) is 0 Å². The van der Waals surface area contributed by atoms with E-state index >= 15 is 0 Å². The molecule has 0 spiro atoms. The number of hydrogen-bond donors (Lipinski definition) is 0. The van der Waals surface area contributed by atoms with Crippen molar-refractivity contribution in [1.82, 2.24) is 4.90 Å². The smallest absolute Gasteiger partial charge is 0.235 e. The molecule has 0 N–H and O–H groups in total. The monoisotopic (exact) mass is 503 g/mol. The van der Waals surface area contributed by atoms with Crippen molar-refractivity contribution in [3.05, 3.63) is 90.0 Å². The second kappa shape index (κ2) is 11.8. The van der Waals surface area contributed by atoms with Gasteiger partial charge in [-0.15, -0.1) is 11.8 Å². The fraction of sp³-hybridized carbons (Fsp3) is 0.367. The molecule has 3 aromatic carbocycles. The van der Waals surface area contributed by atoms with Crippen LogP contribution >= 0.6 is 11.8 Å². The van der Waals surface area contributed by atoms with E-state index in [0.717, 1.165) is 40.4 Å². The highest BCUT2D eigenvalue weighted by molar-refractivity contribution is 8.00. The first-order chi connectivity index (χ1) is 17.7. The average Bonchev–Trinajstić information content (AvgIpc) is 3.59. The number of methoxy groups -OCH3 is 1. The highest BCUT2D eigenvalue weighted by Crippen LogP contribution is 2.36. The first-order valence-corrected chi connectivity index (χ1v) is 13.7. The molecule has 188 valence electrons. The van der Waals surface area contributed by atoms with Gasteiger partial charge in [0.25, 0.3) is 0 Å². The second-order valence-electron chi connectivity index (χ2n) is 9.33. The van der Waals surface area contributed by atoms with E-state index in [1.165, 1.54) is 12.8 Å². The van der Waals surface area contributed by atoms with Crippen LogP contribution in [-0.2, 0) is 16.0 Å². The minimum absolute atomic E-state index is 0.0798. The number of thioether (sulfide) groups is 1. The molecule has 1 aliphatic heterocycles. The second-order valence-corrected chi connectivity index (χ2v) is 10.4. The molecule has 0 aromatic heterocycles. The molecule has 2 atom stereocenters. The molecule has 2 fully saturated rings. The van der Waals surface area contributed by atoms with E-state index in [1.807, 2.05) is 65.6 Å². The summed E-state index contributed by atoms with van der Waals surface area (Å²) in [5.74, 6) is 1.96. The van der Waals surface area contributed by atoms with Gasteiger partial charge in [-0.1, -0.05) is 54.6 Å². The molecular weight excluding hydrogens is 470 g/mol. The quantitative estimate of drug-likeness (QED) is 0.322. The van der Waals surface area contributed by atoms with Crippen LogP contribution in [0.2, 0.25) is 0 Å². The van der Waals surface area contributed by atoms with Crippen molar-refractivity contribution in [3.8, 4) is 11.5 Å². The Morgan fingerprint density at radius 3 is 2.42 bits per heavy atom. The van der Waals surface area contributed by atoms with Crippen LogP contribution in [0.1, 0.15) is 42.9 Å². The normalized spacial score (nSPS) is 20.0. The van der Waals surface area contributed by atoms with Gasteiger partial charge in [0.05, 0.1) is 31.6 Å². The summed E-state index contributed by atoms with van der Waals surface area (Å²) in [6, 6.07) is 26.2. The number of nitrogens with zero attached hydrogens (tertiary/aromatic N) is 1. The minimum Gasteiger partial charge on any atom is -0.493 e. The SMILES string of the molecule is COc1ccc(CC2OCC(c3ccccc3)N2C(=O)CSc2ccccc2)cc1OC1CCCC1. The number of rotatable bonds is 9. The third-order valence-corrected chi connectivity index (χ3v) is 7.90. The number of hydrogen-bond acceptors (Lipinski definition) is 5. The van der Waals surface area contributed by atoms with Gasteiger partial charge in [0.15, 0.2) is 11.5 Å². The minimum atomic E-state index is -0.341. The van der Waals surface area contributed by atoms with Crippen molar-refractivity contribution in [1.29, 1.82) is 0 Å². The lowest BCUT2D eigenvalue weighted by atomic mass is 10.1. The Morgan fingerprint density at radius 2 is 1.69 bits per heavy atom. The first kappa shape index (κ1) is 24.7. The summed E-state index contributed by atoms with van der Waals surface area (Å²) >= 11 is 1.56. The zero-order chi connectivity index (χ0) is 24.7. The highest BCUT2D eigenvalue weighted by atomic mass is 32.2. The van der Waals surface area contributed by atoms with Gasteiger partial charge in [0.2, 0.25) is 5.91 Å². The van der Waals surface area contributed by atoms with E-state index in [-0.39, 0.29) is 24.3 Å². The molecule has 1 aliphatic carbocycles. The molecule has 3 aromatic rings. The average molecular weight is 504 g/mol. The standard InChI is InChI=1S/C30H33NO4S/c1-33-27-17-16-22(18-28(27)35-24-12-8-9-13-24)19-30-31(26(20-34-30)23-10-4-2-5-11-23)29(32)21-36-25-14-6-3-7-15-25/h2-7,10-11,14-18,24,26,30H,8-9,12-13,19-21H2,1H3. The molecule has 1 saturated carbocycles. The third kappa shape index (κ3) is 5.88. The Morgan fingerprint density at radius 1 is 0.972 bits per heavy atom. The highest BCUT2D eigenvalue weighted by Gasteiger charge is 2.38. The van der Waals surface area contributed by atoms with Gasteiger partial charge < -0.3 is 19.1 Å². The molecule has 5 rings (SSSR count). The van der Waals surface area contributed by atoms with Gasteiger partial charge in [-0.25, -0.2) is 0 Å². The largest absolute Gasteiger partial charge is 0.493 e. The fourth-order valence-corrected chi connectivity index (χ4v) is 5.84. The van der Waals surface area contributed by atoms with Crippen LogP contribution in [0.3, 0.4) is 0 Å². The van der Waals surface area contributed by atoms with E-state index in [1.54, 1.807) is 18.9 Å². The summed E-state index contributed by atoms with van der Waals surface area (Å²) in [5.41, 5.74) is 2.16. The van der Waals surface area contributed by atoms with Gasteiger partial charge in [0, 0.05) is 11.3 Å². The topological polar surface area (TPSA) is 48.0 Å². The Labute approximate surface area is 217 Å². The number of carbonyl (C=O) groups excluding carboxylic acids is 1. The van der Waals surface area contributed by atoms with Gasteiger partial charge in [-0.3, -0.25) is 4.79 Å². The molecule has 0 bridgehead atoms. The van der Waals surface area contributed by atoms with Crippen molar-refractivity contribution in [2.75, 3.05) is 19.5 Å². The van der Waals surface area contributed by atoms with Crippen molar-refractivity contribution in [2.45, 2.75) is 55.4 Å². The Balaban J connectivity index is 1.35.